The van der Waals surface area contributed by atoms with Crippen molar-refractivity contribution < 1.29 is 18.6 Å². The summed E-state index contributed by atoms with van der Waals surface area (Å²) in [6.07, 6.45) is -0.108. The number of hydrogen-bond acceptors (Lipinski definition) is 3. The molecule has 3 nitrogen and oxygen atoms in total. The normalized spacial score (nSPS) is 23.7. The maximum atomic E-state index is 13.9. The minimum Gasteiger partial charge on any atom is -0.392 e. The maximum absolute atomic E-state index is 13.9. The summed E-state index contributed by atoms with van der Waals surface area (Å²) in [5.41, 5.74) is 0.0695. The maximum Gasteiger partial charge on any atom is 0.128 e. The summed E-state index contributed by atoms with van der Waals surface area (Å²) >= 11 is 0. The van der Waals surface area contributed by atoms with Gasteiger partial charge in [0.1, 0.15) is 11.6 Å². The molecule has 1 aromatic carbocycles. The van der Waals surface area contributed by atoms with Crippen LogP contribution in [0.3, 0.4) is 0 Å². The Morgan fingerprint density at radius 2 is 2.05 bits per heavy atom. The summed E-state index contributed by atoms with van der Waals surface area (Å²) in [6.45, 7) is 7.42. The van der Waals surface area contributed by atoms with Gasteiger partial charge in [0.05, 0.1) is 18.3 Å². The largest absolute Gasteiger partial charge is 0.392 e. The van der Waals surface area contributed by atoms with Crippen molar-refractivity contribution in [2.24, 2.45) is 0 Å². The second kappa shape index (κ2) is 6.38. The Kier molecular flexibility index (Phi) is 4.96. The van der Waals surface area contributed by atoms with Crippen LogP contribution in [0.25, 0.3) is 0 Å². The molecule has 21 heavy (non-hydrogen) atoms. The monoisotopic (exact) mass is 299 g/mol. The van der Waals surface area contributed by atoms with Gasteiger partial charge in [-0.3, -0.25) is 4.90 Å². The fourth-order valence-corrected chi connectivity index (χ4v) is 2.69. The fraction of sp³-hybridized carbons (Fsp3) is 0.625. The zero-order valence-electron chi connectivity index (χ0n) is 12.8. The Morgan fingerprint density at radius 1 is 1.33 bits per heavy atom. The van der Waals surface area contributed by atoms with Gasteiger partial charge in [-0.15, -0.1) is 0 Å². The molecule has 1 aliphatic rings. The van der Waals surface area contributed by atoms with Crippen LogP contribution in [0, 0.1) is 11.6 Å². The lowest BCUT2D eigenvalue weighted by molar-refractivity contribution is -0.0152. The number of aliphatic hydroxyl groups excluding tert-OH is 1. The van der Waals surface area contributed by atoms with Gasteiger partial charge in [-0.2, -0.15) is 0 Å². The Morgan fingerprint density at radius 3 is 2.71 bits per heavy atom. The van der Waals surface area contributed by atoms with Gasteiger partial charge in [-0.1, -0.05) is 0 Å². The first-order chi connectivity index (χ1) is 9.76. The van der Waals surface area contributed by atoms with E-state index in [4.69, 9.17) is 4.74 Å². The standard InChI is InChI=1S/C16H23F2NO2/c1-16(2,3)21-7-6-19-10-12(20)9-15(19)13-8-11(17)4-5-14(13)18/h4-5,8,12,15,20H,6-7,9-10H2,1-3H3. The first kappa shape index (κ1) is 16.3. The molecule has 1 aliphatic heterocycles. The van der Waals surface area contributed by atoms with Crippen molar-refractivity contribution >= 4 is 0 Å². The summed E-state index contributed by atoms with van der Waals surface area (Å²) in [6, 6.07) is 3.16. The van der Waals surface area contributed by atoms with Crippen LogP contribution in [-0.4, -0.2) is 41.4 Å². The number of rotatable bonds is 4. The van der Waals surface area contributed by atoms with Gasteiger partial charge in [-0.05, 0) is 45.4 Å². The van der Waals surface area contributed by atoms with E-state index >= 15 is 0 Å². The van der Waals surface area contributed by atoms with Gasteiger partial charge in [0, 0.05) is 24.7 Å². The van der Waals surface area contributed by atoms with Crippen molar-refractivity contribution in [1.82, 2.24) is 4.90 Å². The molecule has 0 radical (unpaired) electrons. The van der Waals surface area contributed by atoms with E-state index in [1.807, 2.05) is 25.7 Å². The van der Waals surface area contributed by atoms with Crippen LogP contribution >= 0.6 is 0 Å². The molecule has 118 valence electrons. The molecule has 1 saturated heterocycles. The first-order valence-electron chi connectivity index (χ1n) is 7.27. The van der Waals surface area contributed by atoms with E-state index in [0.717, 1.165) is 12.1 Å². The Bertz CT molecular complexity index is 488. The zero-order valence-corrected chi connectivity index (χ0v) is 12.8. The lowest BCUT2D eigenvalue weighted by atomic mass is 10.0. The number of hydrogen-bond donors (Lipinski definition) is 1. The molecular weight excluding hydrogens is 276 g/mol. The van der Waals surface area contributed by atoms with Crippen molar-refractivity contribution in [3.05, 3.63) is 35.4 Å². The SMILES string of the molecule is CC(C)(C)OCCN1CC(O)CC1c1cc(F)ccc1F. The topological polar surface area (TPSA) is 32.7 Å². The number of halogens is 2. The van der Waals surface area contributed by atoms with Crippen molar-refractivity contribution in [1.29, 1.82) is 0 Å². The van der Waals surface area contributed by atoms with Crippen LogP contribution in [0.4, 0.5) is 8.78 Å². The van der Waals surface area contributed by atoms with Crippen molar-refractivity contribution in [2.75, 3.05) is 19.7 Å². The predicted molar refractivity (Wildman–Crippen MR) is 77.0 cm³/mol. The van der Waals surface area contributed by atoms with Crippen LogP contribution < -0.4 is 0 Å². The van der Waals surface area contributed by atoms with Crippen LogP contribution in [0.2, 0.25) is 0 Å². The molecular formula is C16H23F2NO2. The summed E-state index contributed by atoms with van der Waals surface area (Å²) in [7, 11) is 0. The molecule has 2 rings (SSSR count). The summed E-state index contributed by atoms with van der Waals surface area (Å²) in [5.74, 6) is -0.893. The van der Waals surface area contributed by atoms with Gasteiger partial charge in [0.25, 0.3) is 0 Å². The summed E-state index contributed by atoms with van der Waals surface area (Å²) in [4.78, 5) is 1.95. The third-order valence-corrected chi connectivity index (χ3v) is 3.61. The molecule has 0 bridgehead atoms. The minimum absolute atomic E-state index is 0.238. The second-order valence-corrected chi connectivity index (χ2v) is 6.53. The molecule has 1 N–H and O–H groups in total. The molecule has 0 aromatic heterocycles. The van der Waals surface area contributed by atoms with Gasteiger partial charge in [0.2, 0.25) is 0 Å². The highest BCUT2D eigenvalue weighted by molar-refractivity contribution is 5.23. The van der Waals surface area contributed by atoms with E-state index in [9.17, 15) is 13.9 Å². The smallest absolute Gasteiger partial charge is 0.128 e. The van der Waals surface area contributed by atoms with E-state index in [0.29, 0.717) is 31.7 Å². The van der Waals surface area contributed by atoms with Gasteiger partial charge in [0.15, 0.2) is 0 Å². The van der Waals surface area contributed by atoms with Gasteiger partial charge < -0.3 is 9.84 Å². The average molecular weight is 299 g/mol. The molecule has 2 atom stereocenters. The van der Waals surface area contributed by atoms with Crippen molar-refractivity contribution in [2.45, 2.75) is 44.9 Å². The minimum atomic E-state index is -0.521. The predicted octanol–water partition coefficient (Wildman–Crippen LogP) is 2.89. The molecule has 2 unspecified atom stereocenters. The van der Waals surface area contributed by atoms with Crippen molar-refractivity contribution in [3.63, 3.8) is 0 Å². The Balaban J connectivity index is 2.08. The van der Waals surface area contributed by atoms with Gasteiger partial charge in [-0.25, -0.2) is 8.78 Å². The number of aliphatic hydroxyl groups is 1. The molecule has 0 amide bonds. The first-order valence-corrected chi connectivity index (χ1v) is 7.27. The molecule has 1 heterocycles. The number of ether oxygens (including phenoxy) is 1. The summed E-state index contributed by atoms with van der Waals surface area (Å²) in [5, 5.41) is 9.85. The third-order valence-electron chi connectivity index (χ3n) is 3.61. The highest BCUT2D eigenvalue weighted by Crippen LogP contribution is 2.33. The van der Waals surface area contributed by atoms with E-state index < -0.39 is 17.7 Å². The molecule has 5 heteroatoms. The zero-order chi connectivity index (χ0) is 15.6. The van der Waals surface area contributed by atoms with Crippen LogP contribution in [0.5, 0.6) is 0 Å². The molecule has 1 aromatic rings. The number of nitrogens with zero attached hydrogens (tertiary/aromatic N) is 1. The molecule has 1 fully saturated rings. The van der Waals surface area contributed by atoms with Gasteiger partial charge >= 0.3 is 0 Å². The van der Waals surface area contributed by atoms with Crippen LogP contribution in [0.15, 0.2) is 18.2 Å². The van der Waals surface area contributed by atoms with E-state index in [2.05, 4.69) is 0 Å². The van der Waals surface area contributed by atoms with E-state index in [1.54, 1.807) is 0 Å². The van der Waals surface area contributed by atoms with E-state index in [-0.39, 0.29) is 11.6 Å². The Labute approximate surface area is 124 Å². The fourth-order valence-electron chi connectivity index (χ4n) is 2.69. The molecule has 0 spiro atoms. The number of benzene rings is 1. The lowest BCUT2D eigenvalue weighted by Gasteiger charge is -2.27. The lowest BCUT2D eigenvalue weighted by Crippen LogP contribution is -2.31. The average Bonchev–Trinajstić information content (AvgIpc) is 2.72. The van der Waals surface area contributed by atoms with Crippen LogP contribution in [0.1, 0.15) is 38.8 Å². The Hall–Kier alpha value is -1.04. The van der Waals surface area contributed by atoms with Crippen LogP contribution in [-0.2, 0) is 4.74 Å². The molecule has 0 aliphatic carbocycles. The van der Waals surface area contributed by atoms with Crippen molar-refractivity contribution in [3.8, 4) is 0 Å². The van der Waals surface area contributed by atoms with E-state index in [1.165, 1.54) is 6.07 Å². The highest BCUT2D eigenvalue weighted by Gasteiger charge is 2.33. The third kappa shape index (κ3) is 4.46. The quantitative estimate of drug-likeness (QED) is 0.928. The molecule has 0 saturated carbocycles. The number of likely N-dealkylation sites (tertiary alicyclic amines) is 1. The highest BCUT2D eigenvalue weighted by atomic mass is 19.1. The second-order valence-electron chi connectivity index (χ2n) is 6.53. The summed E-state index contributed by atoms with van der Waals surface area (Å²) < 4.78 is 33.0. The number of β-amino-alcohol motifs (C(OH)–C–C–N with tert-alkyl or cyclic N) is 1.